The molecule has 4 rings (SSSR count). The normalized spacial score (nSPS) is 10.6. The summed E-state index contributed by atoms with van der Waals surface area (Å²) in [5, 5.41) is 15.8. The summed E-state index contributed by atoms with van der Waals surface area (Å²) in [6, 6.07) is 15.8. The Bertz CT molecular complexity index is 1410. The fraction of sp³-hybridized carbons (Fsp3) is 0.0455. The minimum Gasteiger partial charge on any atom is -0.301 e. The molecule has 11 heteroatoms. The fourth-order valence-electron chi connectivity index (χ4n) is 2.81. The van der Waals surface area contributed by atoms with Crippen molar-refractivity contribution < 1.29 is 4.79 Å². The maximum absolute atomic E-state index is 12.4. The number of aromatic amines is 1. The van der Waals surface area contributed by atoms with Crippen molar-refractivity contribution in [2.45, 2.75) is 5.16 Å². The third-order valence-electron chi connectivity index (χ3n) is 4.36. The topological polar surface area (TPSA) is 112 Å². The first-order valence-corrected chi connectivity index (χ1v) is 12.0. The second-order valence-corrected chi connectivity index (χ2v) is 9.29. The number of carbonyl (C=O) groups is 1. The molecule has 0 atom stereocenters. The van der Waals surface area contributed by atoms with E-state index < -0.39 is 5.56 Å². The van der Waals surface area contributed by atoms with Gasteiger partial charge in [0.2, 0.25) is 5.91 Å². The van der Waals surface area contributed by atoms with Crippen LogP contribution in [0.1, 0.15) is 5.56 Å². The van der Waals surface area contributed by atoms with E-state index in [2.05, 4.69) is 20.3 Å². The minimum atomic E-state index is -0.576. The molecule has 7 nitrogen and oxygen atoms in total. The van der Waals surface area contributed by atoms with E-state index in [0.717, 1.165) is 23.0 Å². The molecule has 0 fully saturated rings. The van der Waals surface area contributed by atoms with Gasteiger partial charge in [-0.1, -0.05) is 59.2 Å². The lowest BCUT2D eigenvalue weighted by molar-refractivity contribution is -0.113. The van der Waals surface area contributed by atoms with Crippen LogP contribution >= 0.6 is 46.3 Å². The Kier molecular flexibility index (Phi) is 7.11. The third-order valence-corrected chi connectivity index (χ3v) is 6.49. The molecule has 0 aliphatic carbocycles. The number of H-pyrrole nitrogens is 1. The van der Waals surface area contributed by atoms with Crippen molar-refractivity contribution in [3.8, 4) is 28.6 Å². The van der Waals surface area contributed by atoms with Crippen LogP contribution in [0.5, 0.6) is 0 Å². The van der Waals surface area contributed by atoms with E-state index in [1.54, 1.807) is 36.4 Å². The zero-order valence-corrected chi connectivity index (χ0v) is 19.8. The molecule has 0 spiro atoms. The second-order valence-electron chi connectivity index (χ2n) is 6.60. The average molecular weight is 514 g/mol. The van der Waals surface area contributed by atoms with Crippen molar-refractivity contribution >= 4 is 57.3 Å². The Morgan fingerprint density at radius 2 is 1.70 bits per heavy atom. The van der Waals surface area contributed by atoms with E-state index >= 15 is 0 Å². The standard InChI is InChI=1S/C22H13Cl2N5O2S2/c23-14-5-1-12(2-6-14)17-10-32-21(26-17)27-18(30)11-33-22-28-19(16(9-25)20(31)29-22)13-3-7-15(24)8-4-13/h1-8,10H,11H2,(H,26,27,30)(H,28,29,31). The molecule has 0 radical (unpaired) electrons. The summed E-state index contributed by atoms with van der Waals surface area (Å²) >= 11 is 14.2. The highest BCUT2D eigenvalue weighted by atomic mass is 35.5. The molecule has 4 aromatic rings. The molecular formula is C22H13Cl2N5O2S2. The van der Waals surface area contributed by atoms with Gasteiger partial charge in [-0.05, 0) is 24.3 Å². The summed E-state index contributed by atoms with van der Waals surface area (Å²) in [6.45, 7) is 0. The lowest BCUT2D eigenvalue weighted by Gasteiger charge is -2.07. The molecule has 1 amide bonds. The number of hydrogen-bond donors (Lipinski definition) is 2. The van der Waals surface area contributed by atoms with Crippen LogP contribution in [-0.4, -0.2) is 26.6 Å². The Morgan fingerprint density at radius 1 is 1.06 bits per heavy atom. The predicted octanol–water partition coefficient (Wildman–Crippen LogP) is 5.47. The van der Waals surface area contributed by atoms with Crippen molar-refractivity contribution in [1.82, 2.24) is 15.0 Å². The zero-order valence-electron chi connectivity index (χ0n) is 16.6. The molecular weight excluding hydrogens is 501 g/mol. The van der Waals surface area contributed by atoms with Crippen LogP contribution in [0.25, 0.3) is 22.5 Å². The maximum atomic E-state index is 12.4. The Balaban J connectivity index is 1.45. The number of carbonyl (C=O) groups excluding carboxylic acids is 1. The van der Waals surface area contributed by atoms with Crippen molar-refractivity contribution in [3.05, 3.63) is 79.9 Å². The van der Waals surface area contributed by atoms with Gasteiger partial charge in [0.25, 0.3) is 5.56 Å². The first-order chi connectivity index (χ1) is 15.9. The first kappa shape index (κ1) is 23.0. The molecule has 0 aliphatic heterocycles. The van der Waals surface area contributed by atoms with E-state index in [-0.39, 0.29) is 28.1 Å². The molecule has 0 bridgehead atoms. The number of thioether (sulfide) groups is 1. The van der Waals surface area contributed by atoms with Crippen LogP contribution in [0.3, 0.4) is 0 Å². The number of aromatic nitrogens is 3. The lowest BCUT2D eigenvalue weighted by atomic mass is 10.1. The quantitative estimate of drug-likeness (QED) is 0.261. The number of halogens is 2. The summed E-state index contributed by atoms with van der Waals surface area (Å²) in [4.78, 5) is 36.1. The highest BCUT2D eigenvalue weighted by molar-refractivity contribution is 7.99. The van der Waals surface area contributed by atoms with Crippen LogP contribution in [-0.2, 0) is 4.79 Å². The number of rotatable bonds is 6. The average Bonchev–Trinajstić information content (AvgIpc) is 3.26. The molecule has 164 valence electrons. The number of nitrogens with one attached hydrogen (secondary N) is 2. The SMILES string of the molecule is N#Cc1c(-c2ccc(Cl)cc2)nc(SCC(=O)Nc2nc(-c3ccc(Cl)cc3)cs2)[nH]c1=O. The molecule has 2 aromatic heterocycles. The van der Waals surface area contributed by atoms with Gasteiger partial charge >= 0.3 is 0 Å². The van der Waals surface area contributed by atoms with Gasteiger partial charge in [0.1, 0.15) is 11.6 Å². The van der Waals surface area contributed by atoms with Crippen molar-refractivity contribution in [3.63, 3.8) is 0 Å². The molecule has 0 saturated carbocycles. The van der Waals surface area contributed by atoms with Crippen LogP contribution in [0, 0.1) is 11.3 Å². The summed E-state index contributed by atoms with van der Waals surface area (Å²) in [7, 11) is 0. The molecule has 2 heterocycles. The van der Waals surface area contributed by atoms with E-state index in [9.17, 15) is 14.9 Å². The number of hydrogen-bond acceptors (Lipinski definition) is 7. The lowest BCUT2D eigenvalue weighted by Crippen LogP contribution is -2.17. The van der Waals surface area contributed by atoms with Gasteiger partial charge in [-0.15, -0.1) is 11.3 Å². The predicted molar refractivity (Wildman–Crippen MR) is 132 cm³/mol. The highest BCUT2D eigenvalue weighted by Gasteiger charge is 2.15. The molecule has 0 aliphatic rings. The van der Waals surface area contributed by atoms with E-state index in [4.69, 9.17) is 23.2 Å². The van der Waals surface area contributed by atoms with Crippen molar-refractivity contribution in [2.75, 3.05) is 11.1 Å². The van der Waals surface area contributed by atoms with Crippen molar-refractivity contribution in [2.24, 2.45) is 0 Å². The maximum Gasteiger partial charge on any atom is 0.270 e. The van der Waals surface area contributed by atoms with Crippen LogP contribution in [0.2, 0.25) is 10.0 Å². The molecule has 33 heavy (non-hydrogen) atoms. The molecule has 2 N–H and O–H groups in total. The van der Waals surface area contributed by atoms with Gasteiger partial charge in [0, 0.05) is 26.6 Å². The summed E-state index contributed by atoms with van der Waals surface area (Å²) < 4.78 is 0. The largest absolute Gasteiger partial charge is 0.301 e. The number of nitrogens with zero attached hydrogens (tertiary/aromatic N) is 3. The van der Waals surface area contributed by atoms with Gasteiger partial charge in [0.15, 0.2) is 10.3 Å². The summed E-state index contributed by atoms with van der Waals surface area (Å²) in [5.41, 5.74) is 1.74. The zero-order chi connectivity index (χ0) is 23.4. The number of thiazole rings is 1. The number of benzene rings is 2. The van der Waals surface area contributed by atoms with Gasteiger partial charge in [-0.3, -0.25) is 9.59 Å². The first-order valence-electron chi connectivity index (χ1n) is 9.37. The number of nitriles is 1. The smallest absolute Gasteiger partial charge is 0.270 e. The molecule has 2 aromatic carbocycles. The van der Waals surface area contributed by atoms with Gasteiger partial charge in [-0.25, -0.2) is 9.97 Å². The Morgan fingerprint density at radius 3 is 2.33 bits per heavy atom. The molecule has 0 saturated heterocycles. The highest BCUT2D eigenvalue weighted by Crippen LogP contribution is 2.27. The third kappa shape index (κ3) is 5.61. The van der Waals surface area contributed by atoms with Crippen LogP contribution in [0.4, 0.5) is 5.13 Å². The van der Waals surface area contributed by atoms with Gasteiger partial charge < -0.3 is 10.3 Å². The van der Waals surface area contributed by atoms with E-state index in [0.29, 0.717) is 20.7 Å². The summed E-state index contributed by atoms with van der Waals surface area (Å²) in [5.74, 6) is -0.317. The van der Waals surface area contributed by atoms with Gasteiger partial charge in [0.05, 0.1) is 17.1 Å². The fourth-order valence-corrected chi connectivity index (χ4v) is 4.46. The molecule has 0 unspecified atom stereocenters. The van der Waals surface area contributed by atoms with E-state index in [1.165, 1.54) is 11.3 Å². The Labute approximate surface area is 206 Å². The summed E-state index contributed by atoms with van der Waals surface area (Å²) in [6.07, 6.45) is 0. The second kappa shape index (κ2) is 10.2. The van der Waals surface area contributed by atoms with E-state index in [1.807, 2.05) is 23.6 Å². The van der Waals surface area contributed by atoms with Crippen LogP contribution < -0.4 is 10.9 Å². The van der Waals surface area contributed by atoms with Gasteiger partial charge in [-0.2, -0.15) is 5.26 Å². The van der Waals surface area contributed by atoms with Crippen molar-refractivity contribution in [1.29, 1.82) is 5.26 Å². The Hall–Kier alpha value is -3.16. The number of amides is 1. The minimum absolute atomic E-state index is 0.00917. The monoisotopic (exact) mass is 513 g/mol. The number of anilines is 1. The van der Waals surface area contributed by atoms with Crippen LogP contribution in [0.15, 0.2) is 63.9 Å².